The minimum Gasteiger partial charge on any atom is -0.489 e. The van der Waals surface area contributed by atoms with Crippen molar-refractivity contribution in [3.8, 4) is 5.75 Å². The van der Waals surface area contributed by atoms with Crippen molar-refractivity contribution in [2.45, 2.75) is 43.6 Å². The first-order valence-electron chi connectivity index (χ1n) is 6.28. The summed E-state index contributed by atoms with van der Waals surface area (Å²) in [5.41, 5.74) is 0.261. The van der Waals surface area contributed by atoms with Crippen molar-refractivity contribution in [1.82, 2.24) is 0 Å². The smallest absolute Gasteiger partial charge is 0.133 e. The molecule has 0 N–H and O–H groups in total. The molecule has 0 aromatic heterocycles. The number of rotatable bonds is 2. The SMILES string of the molecule is ClC1CC(Oc2ccccc2Br)C12CCCC2. The molecule has 2 fully saturated rings. The maximum atomic E-state index is 6.42. The highest BCUT2D eigenvalue weighted by Gasteiger charge is 2.57. The first-order valence-corrected chi connectivity index (χ1v) is 7.50. The van der Waals surface area contributed by atoms with E-state index in [0.717, 1.165) is 16.6 Å². The molecule has 92 valence electrons. The zero-order valence-electron chi connectivity index (χ0n) is 9.66. The molecule has 1 nitrogen and oxygen atoms in total. The average molecular weight is 316 g/mol. The molecule has 0 aliphatic heterocycles. The second-order valence-electron chi connectivity index (χ2n) is 5.18. The number of alkyl halides is 1. The zero-order chi connectivity index (χ0) is 11.9. The van der Waals surface area contributed by atoms with E-state index >= 15 is 0 Å². The van der Waals surface area contributed by atoms with Gasteiger partial charge >= 0.3 is 0 Å². The number of benzene rings is 1. The maximum absolute atomic E-state index is 6.42. The van der Waals surface area contributed by atoms with Crippen LogP contribution in [0.5, 0.6) is 5.75 Å². The van der Waals surface area contributed by atoms with Crippen molar-refractivity contribution >= 4 is 27.5 Å². The molecule has 2 aliphatic rings. The minimum absolute atomic E-state index is 0.261. The molecule has 0 radical (unpaired) electrons. The van der Waals surface area contributed by atoms with Gasteiger partial charge in [0.1, 0.15) is 11.9 Å². The molecule has 1 aromatic rings. The normalized spacial score (nSPS) is 30.2. The second kappa shape index (κ2) is 4.47. The van der Waals surface area contributed by atoms with Gasteiger partial charge in [0.25, 0.3) is 0 Å². The maximum Gasteiger partial charge on any atom is 0.133 e. The average Bonchev–Trinajstić information content (AvgIpc) is 2.83. The largest absolute Gasteiger partial charge is 0.489 e. The Morgan fingerprint density at radius 1 is 1.24 bits per heavy atom. The van der Waals surface area contributed by atoms with Crippen LogP contribution in [0.3, 0.4) is 0 Å². The predicted octanol–water partition coefficient (Wildman–Crippen LogP) is 4.77. The standard InChI is InChI=1S/C14H16BrClO/c15-10-5-1-2-6-11(10)17-13-9-12(16)14(13)7-3-4-8-14/h1-2,5-6,12-13H,3-4,7-9H2. The van der Waals surface area contributed by atoms with Crippen LogP contribution in [0, 0.1) is 5.41 Å². The molecular formula is C14H16BrClO. The Bertz CT molecular complexity index is 414. The topological polar surface area (TPSA) is 9.23 Å². The van der Waals surface area contributed by atoms with E-state index in [1.165, 1.54) is 25.7 Å². The van der Waals surface area contributed by atoms with E-state index in [2.05, 4.69) is 15.9 Å². The summed E-state index contributed by atoms with van der Waals surface area (Å²) in [4.78, 5) is 0. The van der Waals surface area contributed by atoms with Gasteiger partial charge in [0.2, 0.25) is 0 Å². The summed E-state index contributed by atoms with van der Waals surface area (Å²) in [7, 11) is 0. The summed E-state index contributed by atoms with van der Waals surface area (Å²) in [6.07, 6.45) is 6.37. The summed E-state index contributed by atoms with van der Waals surface area (Å²) < 4.78 is 7.19. The van der Waals surface area contributed by atoms with E-state index in [0.29, 0.717) is 11.5 Å². The van der Waals surface area contributed by atoms with Crippen molar-refractivity contribution < 1.29 is 4.74 Å². The van der Waals surface area contributed by atoms with Crippen molar-refractivity contribution in [2.24, 2.45) is 5.41 Å². The molecular weight excluding hydrogens is 300 g/mol. The van der Waals surface area contributed by atoms with Crippen LogP contribution in [-0.4, -0.2) is 11.5 Å². The zero-order valence-corrected chi connectivity index (χ0v) is 12.0. The first kappa shape index (κ1) is 11.9. The van der Waals surface area contributed by atoms with Crippen LogP contribution < -0.4 is 4.74 Å². The third kappa shape index (κ3) is 1.90. The van der Waals surface area contributed by atoms with Gasteiger partial charge in [-0.1, -0.05) is 25.0 Å². The Balaban J connectivity index is 1.77. The summed E-state index contributed by atoms with van der Waals surface area (Å²) in [6.45, 7) is 0. The monoisotopic (exact) mass is 314 g/mol. The van der Waals surface area contributed by atoms with Crippen molar-refractivity contribution in [3.63, 3.8) is 0 Å². The van der Waals surface area contributed by atoms with Gasteiger partial charge in [-0.2, -0.15) is 0 Å². The molecule has 2 saturated carbocycles. The lowest BCUT2D eigenvalue weighted by Gasteiger charge is -2.51. The summed E-state index contributed by atoms with van der Waals surface area (Å²) >= 11 is 9.95. The van der Waals surface area contributed by atoms with Crippen molar-refractivity contribution in [3.05, 3.63) is 28.7 Å². The molecule has 0 saturated heterocycles. The number of ether oxygens (including phenoxy) is 1. The second-order valence-corrected chi connectivity index (χ2v) is 6.56. The minimum atomic E-state index is 0.261. The highest BCUT2D eigenvalue weighted by atomic mass is 79.9. The number of halogens is 2. The lowest BCUT2D eigenvalue weighted by molar-refractivity contribution is -0.0359. The highest BCUT2D eigenvalue weighted by molar-refractivity contribution is 9.10. The van der Waals surface area contributed by atoms with Crippen LogP contribution in [0.25, 0.3) is 0 Å². The Labute approximate surface area is 116 Å². The van der Waals surface area contributed by atoms with Gasteiger partial charge in [-0.15, -0.1) is 11.6 Å². The fourth-order valence-corrected chi connectivity index (χ4v) is 4.12. The summed E-state index contributed by atoms with van der Waals surface area (Å²) in [5, 5.41) is 0.317. The van der Waals surface area contributed by atoms with Gasteiger partial charge in [0.15, 0.2) is 0 Å². The number of hydrogen-bond donors (Lipinski definition) is 0. The molecule has 0 heterocycles. The fourth-order valence-electron chi connectivity index (χ4n) is 3.23. The van der Waals surface area contributed by atoms with E-state index in [1.54, 1.807) is 0 Å². The van der Waals surface area contributed by atoms with Gasteiger partial charge in [-0.25, -0.2) is 0 Å². The molecule has 2 atom stereocenters. The lowest BCUT2D eigenvalue weighted by atomic mass is 9.64. The van der Waals surface area contributed by atoms with Crippen LogP contribution in [0.2, 0.25) is 0 Å². The van der Waals surface area contributed by atoms with E-state index in [4.69, 9.17) is 16.3 Å². The Morgan fingerprint density at radius 3 is 2.59 bits per heavy atom. The molecule has 3 rings (SSSR count). The molecule has 0 amide bonds. The van der Waals surface area contributed by atoms with E-state index in [1.807, 2.05) is 24.3 Å². The molecule has 2 aliphatic carbocycles. The van der Waals surface area contributed by atoms with E-state index in [-0.39, 0.29) is 5.41 Å². The Kier molecular flexibility index (Phi) is 3.12. The Hall–Kier alpha value is -0.210. The number of hydrogen-bond acceptors (Lipinski definition) is 1. The Morgan fingerprint density at radius 2 is 1.94 bits per heavy atom. The molecule has 2 unspecified atom stereocenters. The quantitative estimate of drug-likeness (QED) is 0.714. The highest BCUT2D eigenvalue weighted by Crippen LogP contribution is 2.57. The van der Waals surface area contributed by atoms with Crippen molar-refractivity contribution in [2.75, 3.05) is 0 Å². The van der Waals surface area contributed by atoms with Gasteiger partial charge in [-0.05, 0) is 40.9 Å². The molecule has 0 bridgehead atoms. The number of para-hydroxylation sites is 1. The van der Waals surface area contributed by atoms with Gasteiger partial charge < -0.3 is 4.74 Å². The van der Waals surface area contributed by atoms with Crippen LogP contribution in [0.15, 0.2) is 28.7 Å². The van der Waals surface area contributed by atoms with Crippen LogP contribution in [-0.2, 0) is 0 Å². The third-order valence-electron chi connectivity index (χ3n) is 4.33. The molecule has 17 heavy (non-hydrogen) atoms. The van der Waals surface area contributed by atoms with Gasteiger partial charge in [-0.3, -0.25) is 0 Å². The fraction of sp³-hybridized carbons (Fsp3) is 0.571. The predicted molar refractivity (Wildman–Crippen MR) is 73.7 cm³/mol. The van der Waals surface area contributed by atoms with Crippen LogP contribution in [0.4, 0.5) is 0 Å². The van der Waals surface area contributed by atoms with E-state index < -0.39 is 0 Å². The molecule has 1 spiro atoms. The lowest BCUT2D eigenvalue weighted by Crippen LogP contribution is -2.55. The van der Waals surface area contributed by atoms with Gasteiger partial charge in [0, 0.05) is 17.2 Å². The first-order chi connectivity index (χ1) is 8.22. The molecule has 3 heteroatoms. The van der Waals surface area contributed by atoms with Crippen LogP contribution in [0.1, 0.15) is 32.1 Å². The summed E-state index contributed by atoms with van der Waals surface area (Å²) in [6, 6.07) is 8.06. The summed E-state index contributed by atoms with van der Waals surface area (Å²) in [5.74, 6) is 0.951. The van der Waals surface area contributed by atoms with Crippen LogP contribution >= 0.6 is 27.5 Å². The van der Waals surface area contributed by atoms with E-state index in [9.17, 15) is 0 Å². The molecule has 1 aromatic carbocycles. The van der Waals surface area contributed by atoms with Gasteiger partial charge in [0.05, 0.1) is 4.47 Å². The third-order valence-corrected chi connectivity index (χ3v) is 5.59. The van der Waals surface area contributed by atoms with Crippen molar-refractivity contribution in [1.29, 1.82) is 0 Å².